The molecule has 2 fully saturated rings. The second-order valence-corrected chi connectivity index (χ2v) is 5.49. The molecule has 76 valence electrons. The van der Waals surface area contributed by atoms with Gasteiger partial charge in [-0.1, -0.05) is 19.8 Å². The van der Waals surface area contributed by atoms with Crippen LogP contribution in [0.15, 0.2) is 0 Å². The van der Waals surface area contributed by atoms with Crippen molar-refractivity contribution in [3.8, 4) is 0 Å². The maximum absolute atomic E-state index is 2.49. The normalized spacial score (nSPS) is 30.9. The summed E-state index contributed by atoms with van der Waals surface area (Å²) in [6, 6.07) is 0. The van der Waals surface area contributed by atoms with Crippen molar-refractivity contribution in [3.63, 3.8) is 0 Å². The minimum Gasteiger partial charge on any atom is -0.306 e. The van der Waals surface area contributed by atoms with Gasteiger partial charge in [0, 0.05) is 0 Å². The van der Waals surface area contributed by atoms with E-state index in [0.717, 1.165) is 11.3 Å². The van der Waals surface area contributed by atoms with Crippen molar-refractivity contribution in [1.82, 2.24) is 4.90 Å². The molecule has 0 bridgehead atoms. The van der Waals surface area contributed by atoms with Crippen molar-refractivity contribution in [2.24, 2.45) is 11.3 Å². The quantitative estimate of drug-likeness (QED) is 0.555. The zero-order valence-corrected chi connectivity index (χ0v) is 9.18. The zero-order valence-electron chi connectivity index (χ0n) is 9.18. The van der Waals surface area contributed by atoms with Crippen LogP contribution in [0.5, 0.6) is 0 Å². The molecule has 0 atom stereocenters. The monoisotopic (exact) mass is 181 g/mol. The van der Waals surface area contributed by atoms with Crippen LogP contribution < -0.4 is 0 Å². The van der Waals surface area contributed by atoms with Gasteiger partial charge in [-0.15, -0.1) is 0 Å². The molecule has 0 aromatic carbocycles. The molecule has 1 saturated heterocycles. The maximum Gasteiger partial charge on any atom is -0.00165 e. The molecule has 1 nitrogen and oxygen atoms in total. The summed E-state index contributed by atoms with van der Waals surface area (Å²) in [4.78, 5) is 2.49. The predicted octanol–water partition coefficient (Wildman–Crippen LogP) is 2.91. The van der Waals surface area contributed by atoms with Gasteiger partial charge in [0.1, 0.15) is 0 Å². The third-order valence-corrected chi connectivity index (χ3v) is 4.38. The Labute approximate surface area is 82.5 Å². The molecule has 1 saturated carbocycles. The zero-order chi connectivity index (χ0) is 9.31. The van der Waals surface area contributed by atoms with Gasteiger partial charge < -0.3 is 4.90 Å². The molecule has 13 heavy (non-hydrogen) atoms. The Morgan fingerprint density at radius 3 is 2.08 bits per heavy atom. The first kappa shape index (κ1) is 9.51. The Balaban J connectivity index is 1.90. The smallest absolute Gasteiger partial charge is 0.00165 e. The molecule has 1 spiro atoms. The second-order valence-electron chi connectivity index (χ2n) is 5.49. The molecule has 0 aromatic rings. The molecule has 0 radical (unpaired) electrons. The van der Waals surface area contributed by atoms with Crippen LogP contribution >= 0.6 is 0 Å². The Hall–Kier alpha value is -0.0400. The van der Waals surface area contributed by atoms with Crippen molar-refractivity contribution in [2.75, 3.05) is 20.1 Å². The highest BCUT2D eigenvalue weighted by molar-refractivity contribution is 4.88. The fourth-order valence-electron chi connectivity index (χ4n) is 2.97. The second kappa shape index (κ2) is 3.61. The van der Waals surface area contributed by atoms with Gasteiger partial charge in [0.05, 0.1) is 0 Å². The van der Waals surface area contributed by atoms with Crippen LogP contribution in [0.4, 0.5) is 0 Å². The van der Waals surface area contributed by atoms with Crippen LogP contribution in [0.2, 0.25) is 0 Å². The van der Waals surface area contributed by atoms with Gasteiger partial charge in [0.2, 0.25) is 0 Å². The van der Waals surface area contributed by atoms with Crippen LogP contribution in [0.1, 0.15) is 45.4 Å². The number of hydrogen-bond donors (Lipinski definition) is 0. The van der Waals surface area contributed by atoms with Crippen LogP contribution in [0.3, 0.4) is 0 Å². The summed E-state index contributed by atoms with van der Waals surface area (Å²) in [5.41, 5.74) is 0.777. The fraction of sp³-hybridized carbons (Fsp3) is 1.00. The van der Waals surface area contributed by atoms with Crippen molar-refractivity contribution >= 4 is 0 Å². The minimum absolute atomic E-state index is 0.777. The summed E-state index contributed by atoms with van der Waals surface area (Å²) in [5, 5.41) is 0. The van der Waals surface area contributed by atoms with Crippen LogP contribution in [0.25, 0.3) is 0 Å². The Morgan fingerprint density at radius 1 is 1.00 bits per heavy atom. The number of nitrogens with zero attached hydrogens (tertiary/aromatic N) is 1. The highest BCUT2D eigenvalue weighted by Crippen LogP contribution is 2.45. The first-order chi connectivity index (χ1) is 6.20. The summed E-state index contributed by atoms with van der Waals surface area (Å²) >= 11 is 0. The number of rotatable bonds is 0. The lowest BCUT2D eigenvalue weighted by molar-refractivity contribution is 0.0658. The van der Waals surface area contributed by atoms with Crippen LogP contribution in [0, 0.1) is 11.3 Å². The SMILES string of the molecule is CC1CCC2(CC1)CCN(C)CC2. The lowest BCUT2D eigenvalue weighted by Gasteiger charge is -2.44. The molecule has 0 amide bonds. The van der Waals surface area contributed by atoms with Gasteiger partial charge >= 0.3 is 0 Å². The van der Waals surface area contributed by atoms with Gasteiger partial charge in [0.25, 0.3) is 0 Å². The largest absolute Gasteiger partial charge is 0.306 e. The highest BCUT2D eigenvalue weighted by atomic mass is 15.1. The lowest BCUT2D eigenvalue weighted by Crippen LogP contribution is -2.39. The molecule has 1 heterocycles. The summed E-state index contributed by atoms with van der Waals surface area (Å²) in [7, 11) is 2.26. The third-order valence-electron chi connectivity index (χ3n) is 4.38. The first-order valence-corrected chi connectivity index (χ1v) is 5.89. The standard InChI is InChI=1S/C12H23N/c1-11-3-5-12(6-4-11)7-9-13(2)10-8-12/h11H,3-10H2,1-2H3. The number of likely N-dealkylation sites (tertiary alicyclic amines) is 1. The van der Waals surface area contributed by atoms with E-state index in [0.29, 0.717) is 0 Å². The van der Waals surface area contributed by atoms with Gasteiger partial charge in [-0.3, -0.25) is 0 Å². The van der Waals surface area contributed by atoms with E-state index in [9.17, 15) is 0 Å². The molecule has 1 aliphatic carbocycles. The van der Waals surface area contributed by atoms with Crippen molar-refractivity contribution in [2.45, 2.75) is 45.4 Å². The molecular weight excluding hydrogens is 158 g/mol. The van der Waals surface area contributed by atoms with Gasteiger partial charge in [-0.05, 0) is 57.2 Å². The highest BCUT2D eigenvalue weighted by Gasteiger charge is 2.36. The topological polar surface area (TPSA) is 3.24 Å². The molecule has 0 aromatic heterocycles. The van der Waals surface area contributed by atoms with Crippen molar-refractivity contribution in [1.29, 1.82) is 0 Å². The van der Waals surface area contributed by atoms with E-state index in [1.54, 1.807) is 0 Å². The van der Waals surface area contributed by atoms with Crippen molar-refractivity contribution < 1.29 is 0 Å². The van der Waals surface area contributed by atoms with E-state index < -0.39 is 0 Å². The number of piperidine rings is 1. The Morgan fingerprint density at radius 2 is 1.54 bits per heavy atom. The summed E-state index contributed by atoms with van der Waals surface area (Å²) < 4.78 is 0. The summed E-state index contributed by atoms with van der Waals surface area (Å²) in [6.07, 6.45) is 8.95. The van der Waals surface area contributed by atoms with E-state index in [-0.39, 0.29) is 0 Å². The predicted molar refractivity (Wildman–Crippen MR) is 56.8 cm³/mol. The van der Waals surface area contributed by atoms with Crippen molar-refractivity contribution in [3.05, 3.63) is 0 Å². The van der Waals surface area contributed by atoms with Gasteiger partial charge in [-0.25, -0.2) is 0 Å². The molecule has 2 rings (SSSR count). The molecular formula is C12H23N. The van der Waals surface area contributed by atoms with Crippen LogP contribution in [-0.4, -0.2) is 25.0 Å². The van der Waals surface area contributed by atoms with E-state index in [2.05, 4.69) is 18.9 Å². The third kappa shape index (κ3) is 2.07. The maximum atomic E-state index is 2.49. The summed E-state index contributed by atoms with van der Waals surface area (Å²) in [5.74, 6) is 1.00. The van der Waals surface area contributed by atoms with Gasteiger partial charge in [0.15, 0.2) is 0 Å². The molecule has 2 aliphatic rings. The average molecular weight is 181 g/mol. The first-order valence-electron chi connectivity index (χ1n) is 5.89. The Bertz CT molecular complexity index is 136. The van der Waals surface area contributed by atoms with E-state index in [1.165, 1.54) is 51.6 Å². The van der Waals surface area contributed by atoms with E-state index >= 15 is 0 Å². The average Bonchev–Trinajstić information content (AvgIpc) is 2.16. The molecule has 1 aliphatic heterocycles. The molecule has 1 heteroatoms. The van der Waals surface area contributed by atoms with E-state index in [1.807, 2.05) is 0 Å². The summed E-state index contributed by atoms with van der Waals surface area (Å²) in [6.45, 7) is 5.10. The van der Waals surface area contributed by atoms with Gasteiger partial charge in [-0.2, -0.15) is 0 Å². The Kier molecular flexibility index (Phi) is 2.64. The van der Waals surface area contributed by atoms with E-state index in [4.69, 9.17) is 0 Å². The molecule has 0 N–H and O–H groups in total. The number of hydrogen-bond acceptors (Lipinski definition) is 1. The lowest BCUT2D eigenvalue weighted by atomic mass is 9.66. The fourth-order valence-corrected chi connectivity index (χ4v) is 2.97. The molecule has 0 unspecified atom stereocenters. The van der Waals surface area contributed by atoms with Crippen LogP contribution in [-0.2, 0) is 0 Å². The minimum atomic E-state index is 0.777.